The number of nitrogen functional groups attached to an aromatic ring is 1. The number of halogens is 3. The van der Waals surface area contributed by atoms with Crippen LogP contribution in [0.3, 0.4) is 0 Å². The minimum Gasteiger partial charge on any atom is -0.508 e. The van der Waals surface area contributed by atoms with Crippen LogP contribution in [0.2, 0.25) is 10.0 Å². The molecule has 0 amide bonds. The molecule has 148 valence electrons. The molecule has 0 bridgehead atoms. The fourth-order valence-electron chi connectivity index (χ4n) is 3.14. The van der Waals surface area contributed by atoms with E-state index in [2.05, 4.69) is 4.98 Å². The first-order valence-electron chi connectivity index (χ1n) is 8.62. The number of aromatic hydroxyl groups is 1. The number of phenols is 1. The van der Waals surface area contributed by atoms with Crippen molar-refractivity contribution in [1.29, 1.82) is 0 Å². The lowest BCUT2D eigenvalue weighted by Gasteiger charge is -2.18. The average Bonchev–Trinajstić information content (AvgIpc) is 3.12. The van der Waals surface area contributed by atoms with Crippen molar-refractivity contribution in [1.82, 2.24) is 4.98 Å². The average molecular weight is 433 g/mol. The Morgan fingerprint density at radius 2 is 2.03 bits per heavy atom. The molecule has 1 atom stereocenters. The molecule has 0 saturated heterocycles. The van der Waals surface area contributed by atoms with Crippen molar-refractivity contribution in [3.05, 3.63) is 70.3 Å². The molecule has 4 rings (SSSR count). The van der Waals surface area contributed by atoms with Gasteiger partial charge in [-0.1, -0.05) is 35.3 Å². The molecule has 4 aromatic rings. The number of aromatic nitrogens is 1. The van der Waals surface area contributed by atoms with E-state index in [1.54, 1.807) is 31.3 Å². The summed E-state index contributed by atoms with van der Waals surface area (Å²) < 4.78 is 25.6. The predicted octanol–water partition coefficient (Wildman–Crippen LogP) is 6.37. The molecule has 2 aromatic heterocycles. The van der Waals surface area contributed by atoms with Gasteiger partial charge in [0.15, 0.2) is 11.4 Å². The fraction of sp³-hybridized carbons (Fsp3) is 0.0952. The standard InChI is InChI=1S/C21H15Cl2FN2O3/c1-10(17-15(22)5-6-16(24)18(17)23)29-20-19-13(8-26-21(20)25)14(9-28-19)11-3-2-4-12(27)7-11/h2-10,27H,1H3,(H2,25,26). The van der Waals surface area contributed by atoms with E-state index in [-0.39, 0.29) is 27.4 Å². The van der Waals surface area contributed by atoms with Crippen LogP contribution in [0, 0.1) is 5.82 Å². The Hall–Kier alpha value is -2.96. The van der Waals surface area contributed by atoms with Crippen LogP contribution in [-0.2, 0) is 0 Å². The van der Waals surface area contributed by atoms with E-state index >= 15 is 0 Å². The van der Waals surface area contributed by atoms with Crippen LogP contribution in [0.15, 0.2) is 53.3 Å². The predicted molar refractivity (Wildman–Crippen MR) is 111 cm³/mol. The highest BCUT2D eigenvalue weighted by Gasteiger charge is 2.23. The van der Waals surface area contributed by atoms with Crippen molar-refractivity contribution in [2.24, 2.45) is 0 Å². The summed E-state index contributed by atoms with van der Waals surface area (Å²) in [4.78, 5) is 4.19. The highest BCUT2D eigenvalue weighted by molar-refractivity contribution is 6.36. The molecule has 0 aliphatic rings. The maximum atomic E-state index is 13.9. The zero-order valence-electron chi connectivity index (χ0n) is 15.1. The molecular weight excluding hydrogens is 418 g/mol. The number of phenolic OH excluding ortho intramolecular Hbond substituents is 1. The van der Waals surface area contributed by atoms with Gasteiger partial charge >= 0.3 is 0 Å². The summed E-state index contributed by atoms with van der Waals surface area (Å²) >= 11 is 12.3. The number of hydrogen-bond acceptors (Lipinski definition) is 5. The van der Waals surface area contributed by atoms with E-state index in [4.69, 9.17) is 38.1 Å². The van der Waals surface area contributed by atoms with Gasteiger partial charge in [-0.15, -0.1) is 0 Å². The van der Waals surface area contributed by atoms with E-state index < -0.39 is 11.9 Å². The molecule has 5 nitrogen and oxygen atoms in total. The molecule has 3 N–H and O–H groups in total. The number of rotatable bonds is 4. The van der Waals surface area contributed by atoms with E-state index in [0.29, 0.717) is 22.1 Å². The number of hydrogen-bond donors (Lipinski definition) is 2. The minimum atomic E-state index is -0.727. The Kier molecular flexibility index (Phi) is 4.98. The van der Waals surface area contributed by atoms with Gasteiger partial charge in [-0.3, -0.25) is 0 Å². The maximum Gasteiger partial charge on any atom is 0.205 e. The Bertz CT molecular complexity index is 1230. The molecule has 8 heteroatoms. The monoisotopic (exact) mass is 432 g/mol. The third kappa shape index (κ3) is 3.45. The van der Waals surface area contributed by atoms with Crippen molar-refractivity contribution in [3.8, 4) is 22.6 Å². The zero-order valence-corrected chi connectivity index (χ0v) is 16.6. The first-order chi connectivity index (χ1) is 13.9. The van der Waals surface area contributed by atoms with Crippen molar-refractivity contribution in [2.75, 3.05) is 5.73 Å². The van der Waals surface area contributed by atoms with Gasteiger partial charge in [0.2, 0.25) is 5.75 Å². The second-order valence-corrected chi connectivity index (χ2v) is 7.22. The lowest BCUT2D eigenvalue weighted by molar-refractivity contribution is 0.227. The number of fused-ring (bicyclic) bond motifs is 1. The summed E-state index contributed by atoms with van der Waals surface area (Å²) in [5.41, 5.74) is 8.13. The molecule has 0 aliphatic carbocycles. The van der Waals surface area contributed by atoms with Gasteiger partial charge in [-0.2, -0.15) is 0 Å². The van der Waals surface area contributed by atoms with Crippen LogP contribution in [0.4, 0.5) is 10.2 Å². The van der Waals surface area contributed by atoms with Crippen LogP contribution < -0.4 is 10.5 Å². The van der Waals surface area contributed by atoms with Gasteiger partial charge in [0.25, 0.3) is 0 Å². The van der Waals surface area contributed by atoms with Crippen LogP contribution >= 0.6 is 23.2 Å². The van der Waals surface area contributed by atoms with Crippen molar-refractivity contribution >= 4 is 40.0 Å². The number of benzene rings is 2. The fourth-order valence-corrected chi connectivity index (χ4v) is 3.82. The molecule has 0 saturated carbocycles. The van der Waals surface area contributed by atoms with Gasteiger partial charge in [0.05, 0.1) is 16.7 Å². The quantitative estimate of drug-likeness (QED) is 0.366. The van der Waals surface area contributed by atoms with Gasteiger partial charge < -0.3 is 20.0 Å². The molecule has 0 spiro atoms. The molecule has 0 aliphatic heterocycles. The lowest BCUT2D eigenvalue weighted by atomic mass is 10.1. The first kappa shape index (κ1) is 19.4. The smallest absolute Gasteiger partial charge is 0.205 e. The van der Waals surface area contributed by atoms with Gasteiger partial charge in [-0.25, -0.2) is 9.37 Å². The summed E-state index contributed by atoms with van der Waals surface area (Å²) in [6.45, 7) is 1.67. The summed E-state index contributed by atoms with van der Waals surface area (Å²) in [7, 11) is 0. The summed E-state index contributed by atoms with van der Waals surface area (Å²) in [5, 5.41) is 10.5. The van der Waals surface area contributed by atoms with Crippen molar-refractivity contribution in [3.63, 3.8) is 0 Å². The number of nitrogens with two attached hydrogens (primary N) is 1. The molecule has 1 unspecified atom stereocenters. The molecule has 2 aromatic carbocycles. The second kappa shape index (κ2) is 7.46. The van der Waals surface area contributed by atoms with Crippen LogP contribution in [0.1, 0.15) is 18.6 Å². The second-order valence-electron chi connectivity index (χ2n) is 6.43. The lowest BCUT2D eigenvalue weighted by Crippen LogP contribution is -2.08. The largest absolute Gasteiger partial charge is 0.508 e. The van der Waals surface area contributed by atoms with Crippen molar-refractivity contribution < 1.29 is 18.7 Å². The number of pyridine rings is 1. The number of furan rings is 1. The molecule has 29 heavy (non-hydrogen) atoms. The summed E-state index contributed by atoms with van der Waals surface area (Å²) in [6, 6.07) is 9.33. The SMILES string of the molecule is CC(Oc1c(N)ncc2c(-c3cccc(O)c3)coc12)c1c(Cl)ccc(F)c1Cl. The topological polar surface area (TPSA) is 81.5 Å². The highest BCUT2D eigenvalue weighted by Crippen LogP contribution is 2.41. The first-order valence-corrected chi connectivity index (χ1v) is 9.37. The van der Waals surface area contributed by atoms with E-state index in [9.17, 15) is 9.50 Å². The van der Waals surface area contributed by atoms with Crippen LogP contribution in [0.25, 0.3) is 22.1 Å². The molecule has 0 fully saturated rings. The van der Waals surface area contributed by atoms with Gasteiger partial charge in [-0.05, 0) is 36.8 Å². The molecular formula is C21H15Cl2FN2O3. The van der Waals surface area contributed by atoms with Crippen LogP contribution in [-0.4, -0.2) is 10.1 Å². The third-order valence-corrected chi connectivity index (χ3v) is 5.25. The third-order valence-electron chi connectivity index (χ3n) is 4.54. The Balaban J connectivity index is 1.79. The normalized spacial score (nSPS) is 12.3. The van der Waals surface area contributed by atoms with Crippen LogP contribution in [0.5, 0.6) is 11.5 Å². The van der Waals surface area contributed by atoms with E-state index in [1.165, 1.54) is 18.4 Å². The molecule has 2 heterocycles. The zero-order chi connectivity index (χ0) is 20.7. The number of nitrogens with zero attached hydrogens (tertiary/aromatic N) is 1. The Labute approximate surface area is 175 Å². The summed E-state index contributed by atoms with van der Waals surface area (Å²) in [6.07, 6.45) is 2.36. The molecule has 0 radical (unpaired) electrons. The maximum absolute atomic E-state index is 13.9. The van der Waals surface area contributed by atoms with Crippen molar-refractivity contribution in [2.45, 2.75) is 13.0 Å². The summed E-state index contributed by atoms with van der Waals surface area (Å²) in [5.74, 6) is -0.182. The minimum absolute atomic E-state index is 0.102. The van der Waals surface area contributed by atoms with Gasteiger partial charge in [0, 0.05) is 22.3 Å². The number of ether oxygens (including phenoxy) is 1. The Morgan fingerprint density at radius 3 is 2.79 bits per heavy atom. The van der Waals surface area contributed by atoms with E-state index in [0.717, 1.165) is 5.56 Å². The number of anilines is 1. The van der Waals surface area contributed by atoms with E-state index in [1.807, 2.05) is 6.07 Å². The van der Waals surface area contributed by atoms with Gasteiger partial charge in [0.1, 0.15) is 17.7 Å². The highest BCUT2D eigenvalue weighted by atomic mass is 35.5. The Morgan fingerprint density at radius 1 is 1.24 bits per heavy atom.